The van der Waals surface area contributed by atoms with Crippen molar-refractivity contribution >= 4 is 26.8 Å². The highest BCUT2D eigenvalue weighted by molar-refractivity contribution is 9.10. The first-order valence-corrected chi connectivity index (χ1v) is 6.82. The van der Waals surface area contributed by atoms with E-state index in [0.29, 0.717) is 0 Å². The summed E-state index contributed by atoms with van der Waals surface area (Å²) in [5.41, 5.74) is 4.19. The summed E-state index contributed by atoms with van der Waals surface area (Å²) in [7, 11) is 4.15. The number of hydrogen-bond donors (Lipinski definition) is 1. The Hall–Kier alpha value is -0.800. The van der Waals surface area contributed by atoms with Gasteiger partial charge in [-0.05, 0) is 57.1 Å². The lowest BCUT2D eigenvalue weighted by molar-refractivity contribution is 0.722. The first-order chi connectivity index (χ1) is 8.15. The normalized spacial score (nSPS) is 11.3. The van der Waals surface area contributed by atoms with Crippen molar-refractivity contribution in [1.82, 2.24) is 9.88 Å². The van der Waals surface area contributed by atoms with Crippen LogP contribution in [0.2, 0.25) is 0 Å². The van der Waals surface area contributed by atoms with E-state index in [2.05, 4.69) is 58.0 Å². The van der Waals surface area contributed by atoms with Gasteiger partial charge in [0.1, 0.15) is 0 Å². The molecule has 0 aliphatic carbocycles. The fourth-order valence-corrected chi connectivity index (χ4v) is 2.74. The second-order valence-corrected chi connectivity index (χ2v) is 5.41. The molecule has 1 N–H and O–H groups in total. The van der Waals surface area contributed by atoms with E-state index in [-0.39, 0.29) is 0 Å². The zero-order chi connectivity index (χ0) is 12.4. The zero-order valence-electron chi connectivity index (χ0n) is 10.7. The summed E-state index contributed by atoms with van der Waals surface area (Å²) >= 11 is 3.56. The van der Waals surface area contributed by atoms with E-state index in [1.807, 2.05) is 7.05 Å². The van der Waals surface area contributed by atoms with Gasteiger partial charge in [0.05, 0.1) is 0 Å². The number of nitrogens with zero attached hydrogens (tertiary/aromatic N) is 1. The van der Waals surface area contributed by atoms with Gasteiger partial charge in [0, 0.05) is 28.1 Å². The van der Waals surface area contributed by atoms with E-state index in [0.717, 1.165) is 17.4 Å². The molecular formula is C14H19BrN2. The lowest BCUT2D eigenvalue weighted by atomic mass is 10.1. The molecule has 1 aromatic heterocycles. The molecule has 1 aromatic carbocycles. The lowest BCUT2D eigenvalue weighted by Crippen LogP contribution is -2.08. The van der Waals surface area contributed by atoms with E-state index in [9.17, 15) is 0 Å². The molecule has 0 saturated heterocycles. The van der Waals surface area contributed by atoms with Crippen molar-refractivity contribution in [3.63, 3.8) is 0 Å². The minimum Gasteiger partial charge on any atom is -0.348 e. The predicted molar refractivity (Wildman–Crippen MR) is 77.6 cm³/mol. The molecule has 2 nitrogen and oxygen atoms in total. The minimum atomic E-state index is 1.07. The molecule has 0 aliphatic rings. The summed E-state index contributed by atoms with van der Waals surface area (Å²) < 4.78 is 3.45. The molecule has 0 unspecified atom stereocenters. The predicted octanol–water partition coefficient (Wildman–Crippen LogP) is 3.40. The molecule has 2 aromatic rings. The highest BCUT2D eigenvalue weighted by Crippen LogP contribution is 2.28. The Morgan fingerprint density at radius 2 is 2.12 bits per heavy atom. The summed E-state index contributed by atoms with van der Waals surface area (Å²) in [4.78, 5) is 0. The summed E-state index contributed by atoms with van der Waals surface area (Å²) in [6, 6.07) is 6.53. The van der Waals surface area contributed by atoms with Crippen LogP contribution in [0.3, 0.4) is 0 Å². The largest absolute Gasteiger partial charge is 0.348 e. The summed E-state index contributed by atoms with van der Waals surface area (Å²) in [5.74, 6) is 0. The number of fused-ring (bicyclic) bond motifs is 1. The maximum atomic E-state index is 3.56. The molecule has 3 heteroatoms. The molecular weight excluding hydrogens is 276 g/mol. The third-order valence-electron chi connectivity index (χ3n) is 3.44. The number of nitrogens with one attached hydrogen (secondary N) is 1. The van der Waals surface area contributed by atoms with E-state index >= 15 is 0 Å². The molecule has 92 valence electrons. The van der Waals surface area contributed by atoms with Gasteiger partial charge in [-0.3, -0.25) is 0 Å². The average Bonchev–Trinajstić information content (AvgIpc) is 2.54. The van der Waals surface area contributed by atoms with E-state index < -0.39 is 0 Å². The summed E-state index contributed by atoms with van der Waals surface area (Å²) in [5, 5.41) is 4.59. The molecule has 0 atom stereocenters. The molecule has 0 aliphatic heterocycles. The van der Waals surface area contributed by atoms with Crippen LogP contribution < -0.4 is 5.32 Å². The molecule has 1 heterocycles. The van der Waals surface area contributed by atoms with Gasteiger partial charge in [0.25, 0.3) is 0 Å². The maximum absolute atomic E-state index is 3.56. The molecule has 0 radical (unpaired) electrons. The number of hydrogen-bond acceptors (Lipinski definition) is 1. The number of benzene rings is 1. The third-order valence-corrected chi connectivity index (χ3v) is 3.93. The monoisotopic (exact) mass is 294 g/mol. The smallest absolute Gasteiger partial charge is 0.0483 e. The second-order valence-electron chi connectivity index (χ2n) is 4.49. The van der Waals surface area contributed by atoms with Crippen molar-refractivity contribution in [1.29, 1.82) is 0 Å². The second kappa shape index (κ2) is 5.23. The van der Waals surface area contributed by atoms with Crippen LogP contribution in [0.15, 0.2) is 22.7 Å². The average molecular weight is 295 g/mol. The van der Waals surface area contributed by atoms with E-state index in [4.69, 9.17) is 0 Å². The molecule has 0 saturated carbocycles. The Labute approximate surface area is 111 Å². The molecule has 17 heavy (non-hydrogen) atoms. The van der Waals surface area contributed by atoms with Gasteiger partial charge >= 0.3 is 0 Å². The van der Waals surface area contributed by atoms with Crippen molar-refractivity contribution in [3.05, 3.63) is 33.9 Å². The van der Waals surface area contributed by atoms with Crippen LogP contribution in [0.5, 0.6) is 0 Å². The standard InChI is InChI=1S/C14H19BrN2/c1-10-12(5-4-8-16-2)13-9-11(15)6-7-14(13)17(10)3/h6-7,9,16H,4-5,8H2,1-3H3. The molecule has 0 spiro atoms. The van der Waals surface area contributed by atoms with Gasteiger partial charge in [-0.25, -0.2) is 0 Å². The Morgan fingerprint density at radius 1 is 1.35 bits per heavy atom. The van der Waals surface area contributed by atoms with Crippen molar-refractivity contribution in [2.45, 2.75) is 19.8 Å². The molecule has 0 fully saturated rings. The lowest BCUT2D eigenvalue weighted by Gasteiger charge is -2.02. The fourth-order valence-electron chi connectivity index (χ4n) is 2.38. The molecule has 0 bridgehead atoms. The first kappa shape index (κ1) is 12.7. The Morgan fingerprint density at radius 3 is 2.82 bits per heavy atom. The Balaban J connectivity index is 2.45. The third kappa shape index (κ3) is 2.40. The minimum absolute atomic E-state index is 1.07. The van der Waals surface area contributed by atoms with Gasteiger partial charge < -0.3 is 9.88 Å². The van der Waals surface area contributed by atoms with E-state index in [1.54, 1.807) is 0 Å². The van der Waals surface area contributed by atoms with E-state index in [1.165, 1.54) is 28.6 Å². The fraction of sp³-hybridized carbons (Fsp3) is 0.429. The summed E-state index contributed by atoms with van der Waals surface area (Å²) in [6.45, 7) is 3.28. The summed E-state index contributed by atoms with van der Waals surface area (Å²) in [6.07, 6.45) is 2.32. The Kier molecular flexibility index (Phi) is 3.89. The number of rotatable bonds is 4. The topological polar surface area (TPSA) is 17.0 Å². The highest BCUT2D eigenvalue weighted by atomic mass is 79.9. The highest BCUT2D eigenvalue weighted by Gasteiger charge is 2.11. The molecule has 2 rings (SSSR count). The maximum Gasteiger partial charge on any atom is 0.0483 e. The van der Waals surface area contributed by atoms with Crippen LogP contribution >= 0.6 is 15.9 Å². The zero-order valence-corrected chi connectivity index (χ0v) is 12.3. The van der Waals surface area contributed by atoms with Crippen molar-refractivity contribution in [2.75, 3.05) is 13.6 Å². The van der Waals surface area contributed by atoms with Crippen LogP contribution in [-0.2, 0) is 13.5 Å². The Bertz CT molecular complexity index is 528. The number of halogens is 1. The number of aryl methyl sites for hydroxylation is 2. The molecule has 0 amide bonds. The van der Waals surface area contributed by atoms with Crippen LogP contribution in [0.1, 0.15) is 17.7 Å². The van der Waals surface area contributed by atoms with Gasteiger partial charge in [0.2, 0.25) is 0 Å². The SMILES string of the molecule is CNCCCc1c(C)n(C)c2ccc(Br)cc12. The van der Waals surface area contributed by atoms with Crippen molar-refractivity contribution in [3.8, 4) is 0 Å². The quantitative estimate of drug-likeness (QED) is 0.855. The van der Waals surface area contributed by atoms with Crippen molar-refractivity contribution in [2.24, 2.45) is 7.05 Å². The van der Waals surface area contributed by atoms with Crippen LogP contribution in [-0.4, -0.2) is 18.2 Å². The van der Waals surface area contributed by atoms with Crippen LogP contribution in [0.4, 0.5) is 0 Å². The number of aromatic nitrogens is 1. The van der Waals surface area contributed by atoms with Crippen LogP contribution in [0.25, 0.3) is 10.9 Å². The van der Waals surface area contributed by atoms with Gasteiger partial charge in [0.15, 0.2) is 0 Å². The first-order valence-electron chi connectivity index (χ1n) is 6.03. The van der Waals surface area contributed by atoms with Crippen LogP contribution in [0, 0.1) is 6.92 Å². The van der Waals surface area contributed by atoms with Gasteiger partial charge in [-0.2, -0.15) is 0 Å². The van der Waals surface area contributed by atoms with Gasteiger partial charge in [-0.1, -0.05) is 15.9 Å². The van der Waals surface area contributed by atoms with Crippen molar-refractivity contribution < 1.29 is 0 Å². The van der Waals surface area contributed by atoms with Gasteiger partial charge in [-0.15, -0.1) is 0 Å².